The number of esters is 1. The van der Waals surface area contributed by atoms with Crippen LogP contribution in [0.1, 0.15) is 30.5 Å². The van der Waals surface area contributed by atoms with Gasteiger partial charge in [-0.25, -0.2) is 0 Å². The lowest BCUT2D eigenvalue weighted by Crippen LogP contribution is -2.09. The summed E-state index contributed by atoms with van der Waals surface area (Å²) in [5, 5.41) is 9.03. The summed E-state index contributed by atoms with van der Waals surface area (Å²) < 4.78 is 5.77. The van der Waals surface area contributed by atoms with E-state index in [-0.39, 0.29) is 12.4 Å². The van der Waals surface area contributed by atoms with Crippen LogP contribution in [-0.2, 0) is 22.4 Å². The molecule has 0 amide bonds. The third-order valence-electron chi connectivity index (χ3n) is 2.38. The molecule has 90 valence electrons. The van der Waals surface area contributed by atoms with Gasteiger partial charge in [-0.1, -0.05) is 13.0 Å². The fourth-order valence-corrected chi connectivity index (χ4v) is 2.15. The van der Waals surface area contributed by atoms with Gasteiger partial charge in [-0.05, 0) is 53.1 Å². The van der Waals surface area contributed by atoms with Crippen molar-refractivity contribution in [2.45, 2.75) is 26.7 Å². The first-order chi connectivity index (χ1) is 8.12. The van der Waals surface area contributed by atoms with E-state index in [1.54, 1.807) is 6.92 Å². The molecule has 0 saturated carbocycles. The molecule has 0 aliphatic rings. The van der Waals surface area contributed by atoms with Crippen molar-refractivity contribution in [3.8, 4) is 6.07 Å². The monoisotopic (exact) mass is 343 g/mol. The number of aryl methyl sites for hydroxylation is 1. The van der Waals surface area contributed by atoms with Crippen molar-refractivity contribution in [2.75, 3.05) is 6.61 Å². The second-order valence-corrected chi connectivity index (χ2v) is 4.64. The molecule has 1 aromatic rings. The highest BCUT2D eigenvalue weighted by Crippen LogP contribution is 2.21. The number of carbonyl (C=O) groups excluding carboxylic acids is 1. The largest absolute Gasteiger partial charge is 0.466 e. The van der Waals surface area contributed by atoms with E-state index in [4.69, 9.17) is 10.00 Å². The zero-order chi connectivity index (χ0) is 12.8. The molecular weight excluding hydrogens is 329 g/mol. The summed E-state index contributed by atoms with van der Waals surface area (Å²) in [5.74, 6) is -0.248. The van der Waals surface area contributed by atoms with E-state index in [0.29, 0.717) is 12.2 Å². The van der Waals surface area contributed by atoms with E-state index in [0.717, 1.165) is 21.1 Å². The van der Waals surface area contributed by atoms with Gasteiger partial charge in [-0.15, -0.1) is 0 Å². The second-order valence-electron chi connectivity index (χ2n) is 3.56. The number of benzene rings is 1. The number of ether oxygens (including phenoxy) is 1. The van der Waals surface area contributed by atoms with E-state index in [1.165, 1.54) is 0 Å². The number of hydrogen-bond acceptors (Lipinski definition) is 3. The molecule has 0 saturated heterocycles. The smallest absolute Gasteiger partial charge is 0.310 e. The lowest BCUT2D eigenvalue weighted by Gasteiger charge is -2.08. The quantitative estimate of drug-likeness (QED) is 0.624. The Hall–Kier alpha value is -1.09. The molecule has 4 heteroatoms. The van der Waals surface area contributed by atoms with Gasteiger partial charge in [0, 0.05) is 3.57 Å². The number of nitrogens with zero attached hydrogens (tertiary/aromatic N) is 1. The van der Waals surface area contributed by atoms with Crippen LogP contribution < -0.4 is 0 Å². The van der Waals surface area contributed by atoms with Gasteiger partial charge in [0.25, 0.3) is 0 Å². The Kier molecular flexibility index (Phi) is 5.42. The Morgan fingerprint density at radius 1 is 1.47 bits per heavy atom. The minimum atomic E-state index is -0.248. The van der Waals surface area contributed by atoms with Crippen LogP contribution >= 0.6 is 22.6 Å². The predicted octanol–water partition coefficient (Wildman–Crippen LogP) is 2.83. The maximum Gasteiger partial charge on any atom is 0.310 e. The number of halogens is 1. The average molecular weight is 343 g/mol. The SMILES string of the molecule is CCOC(=O)Cc1cc(CC)cc(C#N)c1I. The van der Waals surface area contributed by atoms with Crippen molar-refractivity contribution in [3.05, 3.63) is 32.4 Å². The van der Waals surface area contributed by atoms with Crippen LogP contribution in [0.5, 0.6) is 0 Å². The van der Waals surface area contributed by atoms with Gasteiger partial charge >= 0.3 is 5.97 Å². The van der Waals surface area contributed by atoms with Crippen LogP contribution in [0.3, 0.4) is 0 Å². The molecule has 0 radical (unpaired) electrons. The highest BCUT2D eigenvalue weighted by molar-refractivity contribution is 14.1. The number of nitriles is 1. The summed E-state index contributed by atoms with van der Waals surface area (Å²) in [6.45, 7) is 4.19. The van der Waals surface area contributed by atoms with Crippen molar-refractivity contribution >= 4 is 28.6 Å². The van der Waals surface area contributed by atoms with Crippen molar-refractivity contribution in [2.24, 2.45) is 0 Å². The molecule has 3 nitrogen and oxygen atoms in total. The van der Waals surface area contributed by atoms with Gasteiger partial charge in [0.2, 0.25) is 0 Å². The van der Waals surface area contributed by atoms with Gasteiger partial charge in [0.05, 0.1) is 18.6 Å². The third kappa shape index (κ3) is 3.70. The first kappa shape index (κ1) is 14.0. The standard InChI is InChI=1S/C13H14INO2/c1-3-9-5-10(7-12(16)17-4-2)13(14)11(6-9)8-15/h5-6H,3-4,7H2,1-2H3. The van der Waals surface area contributed by atoms with Crippen molar-refractivity contribution in [1.29, 1.82) is 5.26 Å². The summed E-state index contributed by atoms with van der Waals surface area (Å²) >= 11 is 2.11. The van der Waals surface area contributed by atoms with Crippen LogP contribution in [0, 0.1) is 14.9 Å². The Bertz CT molecular complexity index is 463. The molecule has 17 heavy (non-hydrogen) atoms. The average Bonchev–Trinajstić information content (AvgIpc) is 2.32. The van der Waals surface area contributed by atoms with Gasteiger partial charge < -0.3 is 4.74 Å². The topological polar surface area (TPSA) is 50.1 Å². The first-order valence-corrected chi connectivity index (χ1v) is 6.57. The predicted molar refractivity (Wildman–Crippen MR) is 73.6 cm³/mol. The summed E-state index contributed by atoms with van der Waals surface area (Å²) in [7, 11) is 0. The Labute approximate surface area is 115 Å². The fourth-order valence-electron chi connectivity index (χ4n) is 1.53. The van der Waals surface area contributed by atoms with Crippen LogP contribution in [-0.4, -0.2) is 12.6 Å². The van der Waals surface area contributed by atoms with E-state index in [1.807, 2.05) is 19.1 Å². The Morgan fingerprint density at radius 2 is 2.18 bits per heavy atom. The maximum absolute atomic E-state index is 11.5. The van der Waals surface area contributed by atoms with Crippen LogP contribution in [0.2, 0.25) is 0 Å². The molecule has 0 atom stereocenters. The zero-order valence-electron chi connectivity index (χ0n) is 9.92. The van der Waals surface area contributed by atoms with E-state index < -0.39 is 0 Å². The summed E-state index contributed by atoms with van der Waals surface area (Å²) in [4.78, 5) is 11.5. The minimum Gasteiger partial charge on any atom is -0.466 e. The number of hydrogen-bond donors (Lipinski definition) is 0. The van der Waals surface area contributed by atoms with Crippen LogP contribution in [0.15, 0.2) is 12.1 Å². The van der Waals surface area contributed by atoms with Crippen molar-refractivity contribution in [1.82, 2.24) is 0 Å². The highest BCUT2D eigenvalue weighted by Gasteiger charge is 2.12. The lowest BCUT2D eigenvalue weighted by atomic mass is 10.0. The summed E-state index contributed by atoms with van der Waals surface area (Å²) in [6.07, 6.45) is 1.08. The minimum absolute atomic E-state index is 0.231. The first-order valence-electron chi connectivity index (χ1n) is 5.49. The van der Waals surface area contributed by atoms with Crippen molar-refractivity contribution < 1.29 is 9.53 Å². The van der Waals surface area contributed by atoms with Gasteiger partial charge in [-0.2, -0.15) is 5.26 Å². The fraction of sp³-hybridized carbons (Fsp3) is 0.385. The lowest BCUT2D eigenvalue weighted by molar-refractivity contribution is -0.142. The number of rotatable bonds is 4. The van der Waals surface area contributed by atoms with Crippen LogP contribution in [0.25, 0.3) is 0 Å². The van der Waals surface area contributed by atoms with Gasteiger partial charge in [0.15, 0.2) is 0 Å². The zero-order valence-corrected chi connectivity index (χ0v) is 12.1. The third-order valence-corrected chi connectivity index (χ3v) is 3.65. The molecular formula is C13H14INO2. The molecule has 1 rings (SSSR count). The Morgan fingerprint density at radius 3 is 2.71 bits per heavy atom. The molecule has 1 aromatic carbocycles. The van der Waals surface area contributed by atoms with E-state index in [2.05, 4.69) is 28.7 Å². The van der Waals surface area contributed by atoms with Gasteiger partial charge in [-0.3, -0.25) is 4.79 Å². The van der Waals surface area contributed by atoms with Crippen molar-refractivity contribution in [3.63, 3.8) is 0 Å². The molecule has 0 N–H and O–H groups in total. The summed E-state index contributed by atoms with van der Waals surface area (Å²) in [6, 6.07) is 6.00. The molecule has 0 aliphatic heterocycles. The van der Waals surface area contributed by atoms with Gasteiger partial charge in [0.1, 0.15) is 6.07 Å². The molecule has 0 spiro atoms. The van der Waals surface area contributed by atoms with Crippen LogP contribution in [0.4, 0.5) is 0 Å². The molecule has 0 aromatic heterocycles. The molecule has 0 unspecified atom stereocenters. The second kappa shape index (κ2) is 6.60. The molecule has 0 fully saturated rings. The maximum atomic E-state index is 11.5. The highest BCUT2D eigenvalue weighted by atomic mass is 127. The molecule has 0 aliphatic carbocycles. The van der Waals surface area contributed by atoms with E-state index >= 15 is 0 Å². The molecule has 0 bridgehead atoms. The van der Waals surface area contributed by atoms with E-state index in [9.17, 15) is 4.79 Å². The number of carbonyl (C=O) groups is 1. The summed E-state index contributed by atoms with van der Waals surface area (Å²) in [5.41, 5.74) is 2.57. The Balaban J connectivity index is 3.06. The normalized spacial score (nSPS) is 9.76. The molecule has 0 heterocycles.